The molecule has 8 heteroatoms. The van der Waals surface area contributed by atoms with Crippen LogP contribution in [-0.2, 0) is 17.9 Å². The van der Waals surface area contributed by atoms with Gasteiger partial charge in [0.25, 0.3) is 5.56 Å². The molecule has 0 unspecified atom stereocenters. The van der Waals surface area contributed by atoms with Gasteiger partial charge in [-0.05, 0) is 11.6 Å². The van der Waals surface area contributed by atoms with Crippen LogP contribution < -0.4 is 15.0 Å². The molecule has 1 aromatic heterocycles. The molecule has 2 heterocycles. The molecule has 0 atom stereocenters. The third-order valence-corrected chi connectivity index (χ3v) is 5.61. The van der Waals surface area contributed by atoms with Crippen LogP contribution in [0.15, 0.2) is 53.6 Å². The number of hydrogen-bond acceptors (Lipinski definition) is 6. The minimum atomic E-state index is -0.276. The zero-order valence-corrected chi connectivity index (χ0v) is 17.8. The third kappa shape index (κ3) is 4.54. The molecule has 31 heavy (non-hydrogen) atoms. The summed E-state index contributed by atoms with van der Waals surface area (Å²) in [5.41, 5.74) is 1.49. The highest BCUT2D eigenvalue weighted by molar-refractivity contribution is 5.82. The van der Waals surface area contributed by atoms with E-state index in [0.29, 0.717) is 35.5 Å². The van der Waals surface area contributed by atoms with Crippen molar-refractivity contribution in [3.63, 3.8) is 0 Å². The quantitative estimate of drug-likeness (QED) is 0.603. The van der Waals surface area contributed by atoms with Crippen LogP contribution in [-0.4, -0.2) is 65.7 Å². The molecule has 1 aliphatic heterocycles. The zero-order valence-electron chi connectivity index (χ0n) is 17.8. The molecule has 1 aliphatic rings. The molecule has 2 aromatic carbocycles. The van der Waals surface area contributed by atoms with Gasteiger partial charge in [0.2, 0.25) is 5.91 Å². The zero-order chi connectivity index (χ0) is 21.8. The summed E-state index contributed by atoms with van der Waals surface area (Å²) in [6.45, 7) is 3.75. The largest absolute Gasteiger partial charge is 0.493 e. The second-order valence-corrected chi connectivity index (χ2v) is 7.54. The number of ether oxygens (including phenoxy) is 2. The number of aromatic nitrogens is 2. The van der Waals surface area contributed by atoms with Crippen molar-refractivity contribution in [1.29, 1.82) is 0 Å². The van der Waals surface area contributed by atoms with Crippen LogP contribution >= 0.6 is 0 Å². The van der Waals surface area contributed by atoms with Crippen molar-refractivity contribution in [2.75, 3.05) is 40.4 Å². The summed E-state index contributed by atoms with van der Waals surface area (Å²) in [5, 5.41) is 0.389. The first-order valence-electron chi connectivity index (χ1n) is 10.2. The lowest BCUT2D eigenvalue weighted by molar-refractivity contribution is -0.133. The van der Waals surface area contributed by atoms with Crippen molar-refractivity contribution in [3.05, 3.63) is 64.7 Å². The van der Waals surface area contributed by atoms with E-state index in [1.165, 1.54) is 30.7 Å². The van der Waals surface area contributed by atoms with E-state index in [4.69, 9.17) is 9.47 Å². The fourth-order valence-electron chi connectivity index (χ4n) is 3.84. The molecule has 0 spiro atoms. The monoisotopic (exact) mass is 422 g/mol. The molecule has 1 saturated heterocycles. The van der Waals surface area contributed by atoms with Gasteiger partial charge in [0.05, 0.1) is 31.4 Å². The van der Waals surface area contributed by atoms with Gasteiger partial charge in [0, 0.05) is 38.8 Å². The van der Waals surface area contributed by atoms with Gasteiger partial charge in [-0.3, -0.25) is 19.1 Å². The molecule has 1 fully saturated rings. The number of hydrogen-bond donors (Lipinski definition) is 0. The van der Waals surface area contributed by atoms with Crippen molar-refractivity contribution in [3.8, 4) is 11.5 Å². The van der Waals surface area contributed by atoms with E-state index in [1.54, 1.807) is 12.1 Å². The van der Waals surface area contributed by atoms with E-state index in [2.05, 4.69) is 22.0 Å². The Hall–Kier alpha value is -3.39. The van der Waals surface area contributed by atoms with Crippen LogP contribution in [0.2, 0.25) is 0 Å². The number of carbonyl (C=O) groups is 1. The summed E-state index contributed by atoms with van der Waals surface area (Å²) in [6, 6.07) is 13.6. The van der Waals surface area contributed by atoms with E-state index in [9.17, 15) is 9.59 Å². The predicted octanol–water partition coefficient (Wildman–Crippen LogP) is 1.76. The van der Waals surface area contributed by atoms with Gasteiger partial charge in [-0.25, -0.2) is 4.98 Å². The van der Waals surface area contributed by atoms with Crippen LogP contribution in [0.4, 0.5) is 0 Å². The lowest BCUT2D eigenvalue weighted by Crippen LogP contribution is -2.49. The van der Waals surface area contributed by atoms with Gasteiger partial charge in [-0.15, -0.1) is 0 Å². The van der Waals surface area contributed by atoms with E-state index < -0.39 is 0 Å². The fraction of sp³-hybridized carbons (Fsp3) is 0.348. The normalized spacial score (nSPS) is 14.6. The lowest BCUT2D eigenvalue weighted by Gasteiger charge is -2.34. The second kappa shape index (κ2) is 9.18. The summed E-state index contributed by atoms with van der Waals surface area (Å²) >= 11 is 0. The Balaban J connectivity index is 1.43. The SMILES string of the molecule is COc1cc2ncn(CC(=O)N3CCN(Cc4ccccc4)CC3)c(=O)c2cc1OC. The van der Waals surface area contributed by atoms with Crippen molar-refractivity contribution in [2.24, 2.45) is 0 Å². The Morgan fingerprint density at radius 2 is 1.68 bits per heavy atom. The molecule has 4 rings (SSSR count). The predicted molar refractivity (Wildman–Crippen MR) is 117 cm³/mol. The summed E-state index contributed by atoms with van der Waals surface area (Å²) in [4.78, 5) is 34.2. The molecule has 3 aromatic rings. The molecule has 0 N–H and O–H groups in total. The highest BCUT2D eigenvalue weighted by Gasteiger charge is 2.22. The molecule has 0 aliphatic carbocycles. The highest BCUT2D eigenvalue weighted by atomic mass is 16.5. The summed E-state index contributed by atoms with van der Waals surface area (Å²) in [5.74, 6) is 0.875. The first-order valence-corrected chi connectivity index (χ1v) is 10.2. The van der Waals surface area contributed by atoms with Crippen molar-refractivity contribution >= 4 is 16.8 Å². The van der Waals surface area contributed by atoms with E-state index in [-0.39, 0.29) is 18.0 Å². The maximum Gasteiger partial charge on any atom is 0.261 e. The van der Waals surface area contributed by atoms with E-state index >= 15 is 0 Å². The van der Waals surface area contributed by atoms with Gasteiger partial charge in [0.15, 0.2) is 11.5 Å². The maximum atomic E-state index is 12.9. The molecular formula is C23H26N4O4. The standard InChI is InChI=1S/C23H26N4O4/c1-30-20-12-18-19(13-21(20)31-2)24-16-27(23(18)29)15-22(28)26-10-8-25(9-11-26)14-17-6-4-3-5-7-17/h3-7,12-13,16H,8-11,14-15H2,1-2H3. The Labute approximate surface area is 180 Å². The smallest absolute Gasteiger partial charge is 0.261 e. The molecule has 0 bridgehead atoms. The van der Waals surface area contributed by atoms with Crippen molar-refractivity contribution < 1.29 is 14.3 Å². The molecule has 8 nitrogen and oxygen atoms in total. The molecular weight excluding hydrogens is 396 g/mol. The summed E-state index contributed by atoms with van der Waals surface area (Å²) in [7, 11) is 3.04. The highest BCUT2D eigenvalue weighted by Crippen LogP contribution is 2.29. The average molecular weight is 422 g/mol. The first-order chi connectivity index (χ1) is 15.1. The fourth-order valence-corrected chi connectivity index (χ4v) is 3.84. The maximum absolute atomic E-state index is 12.9. The number of rotatable bonds is 6. The Morgan fingerprint density at radius 1 is 1.00 bits per heavy atom. The summed E-state index contributed by atoms with van der Waals surface area (Å²) < 4.78 is 11.9. The summed E-state index contributed by atoms with van der Waals surface area (Å²) in [6.07, 6.45) is 1.42. The van der Waals surface area contributed by atoms with Crippen LogP contribution in [0.1, 0.15) is 5.56 Å². The van der Waals surface area contributed by atoms with Crippen LogP contribution in [0.25, 0.3) is 10.9 Å². The van der Waals surface area contributed by atoms with Crippen LogP contribution in [0.3, 0.4) is 0 Å². The number of methoxy groups -OCH3 is 2. The number of benzene rings is 2. The topological polar surface area (TPSA) is 76.9 Å². The van der Waals surface area contributed by atoms with E-state index in [0.717, 1.165) is 19.6 Å². The van der Waals surface area contributed by atoms with Crippen LogP contribution in [0.5, 0.6) is 11.5 Å². The van der Waals surface area contributed by atoms with Gasteiger partial charge in [-0.1, -0.05) is 30.3 Å². The number of nitrogens with zero attached hydrogens (tertiary/aromatic N) is 4. The Morgan fingerprint density at radius 3 is 2.35 bits per heavy atom. The Kier molecular flexibility index (Phi) is 6.18. The van der Waals surface area contributed by atoms with Crippen molar-refractivity contribution in [2.45, 2.75) is 13.1 Å². The van der Waals surface area contributed by atoms with Gasteiger partial charge in [0.1, 0.15) is 6.54 Å². The average Bonchev–Trinajstić information content (AvgIpc) is 2.81. The first kappa shape index (κ1) is 20.9. The molecule has 1 amide bonds. The third-order valence-electron chi connectivity index (χ3n) is 5.61. The van der Waals surface area contributed by atoms with Gasteiger partial charge < -0.3 is 14.4 Å². The number of fused-ring (bicyclic) bond motifs is 1. The molecule has 0 saturated carbocycles. The van der Waals surface area contributed by atoms with Gasteiger partial charge >= 0.3 is 0 Å². The number of piperazine rings is 1. The van der Waals surface area contributed by atoms with Gasteiger partial charge in [-0.2, -0.15) is 0 Å². The number of amides is 1. The minimum Gasteiger partial charge on any atom is -0.493 e. The minimum absolute atomic E-state index is 0.0329. The van der Waals surface area contributed by atoms with Crippen molar-refractivity contribution in [1.82, 2.24) is 19.4 Å². The molecule has 162 valence electrons. The van der Waals surface area contributed by atoms with E-state index in [1.807, 2.05) is 23.1 Å². The van der Waals surface area contributed by atoms with Crippen LogP contribution in [0, 0.1) is 0 Å². The molecule has 0 radical (unpaired) electrons. The Bertz CT molecular complexity index is 1120. The number of carbonyl (C=O) groups excluding carboxylic acids is 1. The second-order valence-electron chi connectivity index (χ2n) is 7.54. The lowest BCUT2D eigenvalue weighted by atomic mass is 10.2.